The number of amides is 1. The first-order valence-corrected chi connectivity index (χ1v) is 10.5. The van der Waals surface area contributed by atoms with Gasteiger partial charge in [0, 0.05) is 42.5 Å². The zero-order chi connectivity index (χ0) is 18.6. The molecule has 2 aromatic rings. The summed E-state index contributed by atoms with van der Waals surface area (Å²) in [5, 5.41) is 0. The van der Waals surface area contributed by atoms with E-state index in [0.29, 0.717) is 26.2 Å². The summed E-state index contributed by atoms with van der Waals surface area (Å²) in [6, 6.07) is 16.0. The topological polar surface area (TPSA) is 66.9 Å². The second kappa shape index (κ2) is 7.97. The van der Waals surface area contributed by atoms with Gasteiger partial charge in [0.2, 0.25) is 0 Å². The molecule has 0 saturated carbocycles. The summed E-state index contributed by atoms with van der Waals surface area (Å²) in [7, 11) is 1.61. The molecular weight excluding hydrogens is 376 g/mol. The van der Waals surface area contributed by atoms with Gasteiger partial charge in [-0.2, -0.15) is 0 Å². The molecule has 26 heavy (non-hydrogen) atoms. The standard InChI is InChI=1S/C18H19ClN2O4S/c19-26(23,24)17-8-6-16(7-9-17)20-10-12-21(13-11-20)18(22)25-14-15-4-2-1-3-5-15/h1-9H,10-14H2. The van der Waals surface area contributed by atoms with Crippen LogP contribution in [0.3, 0.4) is 0 Å². The van der Waals surface area contributed by atoms with Crippen molar-refractivity contribution in [1.82, 2.24) is 4.90 Å². The minimum Gasteiger partial charge on any atom is -0.445 e. The van der Waals surface area contributed by atoms with Gasteiger partial charge in [-0.15, -0.1) is 0 Å². The van der Waals surface area contributed by atoms with Crippen molar-refractivity contribution in [3.63, 3.8) is 0 Å². The molecule has 0 aliphatic carbocycles. The van der Waals surface area contributed by atoms with Crippen LogP contribution in [0.4, 0.5) is 10.5 Å². The molecular formula is C18H19ClN2O4S. The lowest BCUT2D eigenvalue weighted by atomic mass is 10.2. The number of piperazine rings is 1. The van der Waals surface area contributed by atoms with E-state index in [4.69, 9.17) is 15.4 Å². The highest BCUT2D eigenvalue weighted by molar-refractivity contribution is 8.13. The maximum Gasteiger partial charge on any atom is 0.410 e. The summed E-state index contributed by atoms with van der Waals surface area (Å²) in [6.07, 6.45) is -0.322. The molecule has 1 fully saturated rings. The Kier molecular flexibility index (Phi) is 5.68. The molecule has 0 N–H and O–H groups in total. The zero-order valence-electron chi connectivity index (χ0n) is 14.0. The van der Waals surface area contributed by atoms with E-state index in [1.807, 2.05) is 30.3 Å². The molecule has 0 bridgehead atoms. The average molecular weight is 395 g/mol. The van der Waals surface area contributed by atoms with E-state index < -0.39 is 9.05 Å². The van der Waals surface area contributed by atoms with E-state index in [0.717, 1.165) is 11.3 Å². The maximum atomic E-state index is 12.2. The first-order valence-electron chi connectivity index (χ1n) is 8.19. The Labute approximate surface area is 157 Å². The highest BCUT2D eigenvalue weighted by atomic mass is 35.7. The lowest BCUT2D eigenvalue weighted by molar-refractivity contribution is 0.0942. The van der Waals surface area contributed by atoms with Crippen molar-refractivity contribution in [3.05, 3.63) is 60.2 Å². The van der Waals surface area contributed by atoms with E-state index in [1.54, 1.807) is 17.0 Å². The Balaban J connectivity index is 1.51. The molecule has 6 nitrogen and oxygen atoms in total. The maximum absolute atomic E-state index is 12.2. The van der Waals surface area contributed by atoms with Crippen LogP contribution >= 0.6 is 10.7 Å². The Hall–Kier alpha value is -2.25. The van der Waals surface area contributed by atoms with Crippen molar-refractivity contribution < 1.29 is 17.9 Å². The van der Waals surface area contributed by atoms with Crippen LogP contribution in [0, 0.1) is 0 Å². The van der Waals surface area contributed by atoms with Crippen LogP contribution in [0.15, 0.2) is 59.5 Å². The summed E-state index contributed by atoms with van der Waals surface area (Å²) in [5.41, 5.74) is 1.85. The van der Waals surface area contributed by atoms with Gasteiger partial charge in [-0.1, -0.05) is 30.3 Å². The molecule has 0 radical (unpaired) electrons. The summed E-state index contributed by atoms with van der Waals surface area (Å²) >= 11 is 0. The van der Waals surface area contributed by atoms with Crippen LogP contribution in [-0.2, 0) is 20.4 Å². The molecule has 0 unspecified atom stereocenters. The van der Waals surface area contributed by atoms with Gasteiger partial charge >= 0.3 is 6.09 Å². The normalized spacial score (nSPS) is 15.0. The average Bonchev–Trinajstić information content (AvgIpc) is 2.66. The molecule has 1 aliphatic heterocycles. The van der Waals surface area contributed by atoms with Crippen molar-refractivity contribution in [3.8, 4) is 0 Å². The number of hydrogen-bond acceptors (Lipinski definition) is 5. The van der Waals surface area contributed by atoms with Crippen molar-refractivity contribution in [2.75, 3.05) is 31.1 Å². The molecule has 0 spiro atoms. The zero-order valence-corrected chi connectivity index (χ0v) is 15.6. The largest absolute Gasteiger partial charge is 0.445 e. The summed E-state index contributed by atoms with van der Waals surface area (Å²) in [6.45, 7) is 2.64. The quantitative estimate of drug-likeness (QED) is 0.745. The number of anilines is 1. The number of halogens is 1. The summed E-state index contributed by atoms with van der Waals surface area (Å²) in [5.74, 6) is 0. The molecule has 0 atom stereocenters. The van der Waals surface area contributed by atoms with Gasteiger partial charge in [0.1, 0.15) is 6.61 Å². The van der Waals surface area contributed by atoms with E-state index >= 15 is 0 Å². The van der Waals surface area contributed by atoms with Gasteiger partial charge in [-0.05, 0) is 29.8 Å². The monoisotopic (exact) mass is 394 g/mol. The SMILES string of the molecule is O=C(OCc1ccccc1)N1CCN(c2ccc(S(=O)(=O)Cl)cc2)CC1. The number of rotatable bonds is 4. The molecule has 138 valence electrons. The van der Waals surface area contributed by atoms with Crippen LogP contribution in [0.25, 0.3) is 0 Å². The fourth-order valence-corrected chi connectivity index (χ4v) is 3.55. The number of nitrogens with zero attached hydrogens (tertiary/aromatic N) is 2. The molecule has 1 amide bonds. The second-order valence-electron chi connectivity index (χ2n) is 5.95. The molecule has 1 aliphatic rings. The molecule has 1 heterocycles. The lowest BCUT2D eigenvalue weighted by Gasteiger charge is -2.35. The number of hydrogen-bond donors (Lipinski definition) is 0. The Morgan fingerprint density at radius 1 is 0.962 bits per heavy atom. The first-order chi connectivity index (χ1) is 12.4. The lowest BCUT2D eigenvalue weighted by Crippen LogP contribution is -2.48. The van der Waals surface area contributed by atoms with Gasteiger partial charge in [-0.25, -0.2) is 13.2 Å². The fourth-order valence-electron chi connectivity index (χ4n) is 2.78. The van der Waals surface area contributed by atoms with E-state index in [1.165, 1.54) is 12.1 Å². The third-order valence-corrected chi connectivity index (χ3v) is 5.60. The highest BCUT2D eigenvalue weighted by Gasteiger charge is 2.22. The number of benzene rings is 2. The van der Waals surface area contributed by atoms with Gasteiger partial charge in [0.15, 0.2) is 0 Å². The van der Waals surface area contributed by atoms with Crippen LogP contribution in [0.1, 0.15) is 5.56 Å². The van der Waals surface area contributed by atoms with Crippen molar-refractivity contribution >= 4 is 31.5 Å². The third kappa shape index (κ3) is 4.68. The van der Waals surface area contributed by atoms with Crippen LogP contribution in [-0.4, -0.2) is 45.6 Å². The third-order valence-electron chi connectivity index (χ3n) is 4.23. The molecule has 3 rings (SSSR count). The molecule has 0 aromatic heterocycles. The van der Waals surface area contributed by atoms with Crippen molar-refractivity contribution in [1.29, 1.82) is 0 Å². The van der Waals surface area contributed by atoms with Gasteiger partial charge in [-0.3, -0.25) is 0 Å². The minimum absolute atomic E-state index is 0.0750. The van der Waals surface area contributed by atoms with Crippen LogP contribution in [0.5, 0.6) is 0 Å². The number of carbonyl (C=O) groups is 1. The number of ether oxygens (including phenoxy) is 1. The van der Waals surface area contributed by atoms with Gasteiger partial charge < -0.3 is 14.5 Å². The fraction of sp³-hybridized carbons (Fsp3) is 0.278. The first kappa shape index (κ1) is 18.5. The Bertz CT molecular complexity index is 849. The van der Waals surface area contributed by atoms with Crippen LogP contribution in [0.2, 0.25) is 0 Å². The molecule has 1 saturated heterocycles. The predicted octanol–water partition coefficient (Wildman–Crippen LogP) is 3.07. The number of carbonyl (C=O) groups excluding carboxylic acids is 1. The Morgan fingerprint density at radius 2 is 1.58 bits per heavy atom. The highest BCUT2D eigenvalue weighted by Crippen LogP contribution is 2.21. The molecule has 2 aromatic carbocycles. The minimum atomic E-state index is -3.72. The Morgan fingerprint density at radius 3 is 2.15 bits per heavy atom. The second-order valence-corrected chi connectivity index (χ2v) is 8.51. The summed E-state index contributed by atoms with van der Waals surface area (Å²) in [4.78, 5) is 16.0. The smallest absolute Gasteiger partial charge is 0.410 e. The van der Waals surface area contributed by atoms with E-state index in [9.17, 15) is 13.2 Å². The van der Waals surface area contributed by atoms with Crippen molar-refractivity contribution in [2.45, 2.75) is 11.5 Å². The van der Waals surface area contributed by atoms with E-state index in [-0.39, 0.29) is 17.6 Å². The van der Waals surface area contributed by atoms with Crippen LogP contribution < -0.4 is 4.90 Å². The van der Waals surface area contributed by atoms with Gasteiger partial charge in [0.05, 0.1) is 4.90 Å². The molecule has 8 heteroatoms. The van der Waals surface area contributed by atoms with E-state index in [2.05, 4.69) is 4.90 Å². The van der Waals surface area contributed by atoms with Gasteiger partial charge in [0.25, 0.3) is 9.05 Å². The van der Waals surface area contributed by atoms with Crippen molar-refractivity contribution in [2.24, 2.45) is 0 Å². The summed E-state index contributed by atoms with van der Waals surface area (Å²) < 4.78 is 27.9. The predicted molar refractivity (Wildman–Crippen MR) is 99.9 cm³/mol.